The summed E-state index contributed by atoms with van der Waals surface area (Å²) >= 11 is 6.06. The lowest BCUT2D eigenvalue weighted by atomic mass is 10.1. The number of aryl methyl sites for hydroxylation is 3. The van der Waals surface area contributed by atoms with E-state index in [1.54, 1.807) is 24.4 Å². The Hall–Kier alpha value is -3.63. The number of ether oxygens (including phenoxy) is 1. The summed E-state index contributed by atoms with van der Waals surface area (Å²) in [7, 11) is 0. The van der Waals surface area contributed by atoms with Crippen LogP contribution in [0.4, 0.5) is 5.69 Å². The fraction of sp³-hybridized carbons (Fsp3) is 0.280. The van der Waals surface area contributed by atoms with Crippen LogP contribution in [0.3, 0.4) is 0 Å². The Balaban J connectivity index is 1.53. The first-order chi connectivity index (χ1) is 15.9. The summed E-state index contributed by atoms with van der Waals surface area (Å²) in [6.07, 6.45) is 2.05. The summed E-state index contributed by atoms with van der Waals surface area (Å²) in [6, 6.07) is 15.0. The summed E-state index contributed by atoms with van der Waals surface area (Å²) in [5, 5.41) is 9.49. The Morgan fingerprint density at radius 2 is 1.94 bits per heavy atom. The molecule has 0 N–H and O–H groups in total. The number of oxazole rings is 1. The molecule has 0 saturated carbocycles. The molecule has 0 saturated heterocycles. The first-order valence-corrected chi connectivity index (χ1v) is 10.9. The maximum atomic E-state index is 12.7. The summed E-state index contributed by atoms with van der Waals surface area (Å²) in [5.74, 6) is 0.0881. The third-order valence-corrected chi connectivity index (χ3v) is 5.41. The number of hydrogen-bond donors (Lipinski definition) is 0. The van der Waals surface area contributed by atoms with Crippen LogP contribution in [0.5, 0.6) is 0 Å². The molecule has 33 heavy (non-hydrogen) atoms. The topological polar surface area (TPSA) is 96.4 Å². The average molecular weight is 466 g/mol. The molecule has 0 spiro atoms. The van der Waals surface area contributed by atoms with Crippen LogP contribution in [0.1, 0.15) is 29.9 Å². The number of aromatic nitrogens is 1. The van der Waals surface area contributed by atoms with Gasteiger partial charge in [-0.15, -0.1) is 0 Å². The minimum atomic E-state index is -0.536. The van der Waals surface area contributed by atoms with Gasteiger partial charge in [-0.3, -0.25) is 9.59 Å². The third kappa shape index (κ3) is 6.67. The van der Waals surface area contributed by atoms with Crippen molar-refractivity contribution in [3.05, 3.63) is 70.7 Å². The van der Waals surface area contributed by atoms with Gasteiger partial charge in [-0.25, -0.2) is 4.98 Å². The summed E-state index contributed by atoms with van der Waals surface area (Å²) in [5.41, 5.74) is 3.45. The largest absolute Gasteiger partial charge is 0.456 e. The van der Waals surface area contributed by atoms with E-state index in [4.69, 9.17) is 26.0 Å². The van der Waals surface area contributed by atoms with Gasteiger partial charge < -0.3 is 14.1 Å². The summed E-state index contributed by atoms with van der Waals surface area (Å²) < 4.78 is 10.9. The fourth-order valence-electron chi connectivity index (χ4n) is 3.13. The monoisotopic (exact) mass is 465 g/mol. The lowest BCUT2D eigenvalue weighted by Gasteiger charge is -2.22. The van der Waals surface area contributed by atoms with Crippen LogP contribution in [-0.2, 0) is 20.7 Å². The number of esters is 1. The number of hydrogen-bond acceptors (Lipinski definition) is 6. The quantitative estimate of drug-likeness (QED) is 0.411. The predicted molar refractivity (Wildman–Crippen MR) is 125 cm³/mol. The maximum Gasteiger partial charge on any atom is 0.306 e. The number of nitriles is 1. The molecule has 1 heterocycles. The van der Waals surface area contributed by atoms with Crippen molar-refractivity contribution in [2.45, 2.75) is 33.1 Å². The van der Waals surface area contributed by atoms with Gasteiger partial charge in [-0.2, -0.15) is 5.26 Å². The average Bonchev–Trinajstić information content (AvgIpc) is 3.28. The van der Waals surface area contributed by atoms with Crippen molar-refractivity contribution in [2.24, 2.45) is 0 Å². The molecule has 3 rings (SSSR count). The smallest absolute Gasteiger partial charge is 0.306 e. The van der Waals surface area contributed by atoms with Gasteiger partial charge in [-0.1, -0.05) is 41.4 Å². The number of nitrogens with zero attached hydrogens (tertiary/aromatic N) is 3. The molecule has 7 nitrogen and oxygen atoms in total. The van der Waals surface area contributed by atoms with E-state index in [9.17, 15) is 9.59 Å². The molecular weight excluding hydrogens is 442 g/mol. The second kappa shape index (κ2) is 11.3. The molecule has 0 aliphatic rings. The molecule has 0 fully saturated rings. The van der Waals surface area contributed by atoms with Crippen molar-refractivity contribution in [2.75, 3.05) is 18.1 Å². The Bertz CT molecular complexity index is 1170. The summed E-state index contributed by atoms with van der Waals surface area (Å²) in [4.78, 5) is 30.5. The highest BCUT2D eigenvalue weighted by Gasteiger charge is 2.19. The van der Waals surface area contributed by atoms with E-state index < -0.39 is 18.5 Å². The van der Waals surface area contributed by atoms with Gasteiger partial charge in [-0.05, 0) is 37.6 Å². The van der Waals surface area contributed by atoms with Gasteiger partial charge in [0.25, 0.3) is 5.91 Å². The molecule has 2 aromatic carbocycles. The number of carbonyl (C=O) groups excluding carboxylic acids is 2. The molecule has 1 aromatic heterocycles. The van der Waals surface area contributed by atoms with Crippen LogP contribution >= 0.6 is 11.6 Å². The highest BCUT2D eigenvalue weighted by Crippen LogP contribution is 2.23. The highest BCUT2D eigenvalue weighted by atomic mass is 35.5. The molecule has 8 heteroatoms. The predicted octanol–water partition coefficient (Wildman–Crippen LogP) is 5.03. The van der Waals surface area contributed by atoms with Gasteiger partial charge in [0.1, 0.15) is 0 Å². The fourth-order valence-corrected chi connectivity index (χ4v) is 3.25. The number of anilines is 1. The molecule has 0 bridgehead atoms. The second-order valence-corrected chi connectivity index (χ2v) is 7.94. The molecule has 1 amide bonds. The van der Waals surface area contributed by atoms with E-state index in [1.165, 1.54) is 4.90 Å². The van der Waals surface area contributed by atoms with Crippen molar-refractivity contribution in [3.8, 4) is 17.4 Å². The number of benzene rings is 2. The van der Waals surface area contributed by atoms with E-state index in [0.29, 0.717) is 22.4 Å². The molecule has 0 unspecified atom stereocenters. The Kier molecular flexibility index (Phi) is 8.22. The maximum absolute atomic E-state index is 12.7. The van der Waals surface area contributed by atoms with Gasteiger partial charge in [0.05, 0.1) is 25.1 Å². The van der Waals surface area contributed by atoms with Crippen LogP contribution in [0.15, 0.2) is 53.1 Å². The molecule has 0 aliphatic heterocycles. The number of halogens is 1. The Morgan fingerprint density at radius 1 is 1.18 bits per heavy atom. The zero-order chi connectivity index (χ0) is 23.8. The van der Waals surface area contributed by atoms with Gasteiger partial charge in [0, 0.05) is 29.2 Å². The van der Waals surface area contributed by atoms with Crippen molar-refractivity contribution in [1.82, 2.24) is 4.98 Å². The molecule has 3 aromatic rings. The van der Waals surface area contributed by atoms with E-state index in [2.05, 4.69) is 4.98 Å². The third-order valence-electron chi connectivity index (χ3n) is 4.99. The first kappa shape index (κ1) is 24.0. The summed E-state index contributed by atoms with van der Waals surface area (Å²) in [6.45, 7) is 3.59. The number of rotatable bonds is 9. The van der Waals surface area contributed by atoms with Crippen LogP contribution in [0.2, 0.25) is 5.02 Å². The van der Waals surface area contributed by atoms with Crippen molar-refractivity contribution >= 4 is 29.2 Å². The van der Waals surface area contributed by atoms with Crippen LogP contribution in [-0.4, -0.2) is 30.0 Å². The zero-order valence-corrected chi connectivity index (χ0v) is 19.3. The molecular formula is C25H24ClN3O4. The van der Waals surface area contributed by atoms with Crippen molar-refractivity contribution < 1.29 is 18.7 Å². The number of carbonyl (C=O) groups is 2. The molecule has 170 valence electrons. The Morgan fingerprint density at radius 3 is 2.64 bits per heavy atom. The van der Waals surface area contributed by atoms with Gasteiger partial charge >= 0.3 is 5.97 Å². The van der Waals surface area contributed by atoms with Gasteiger partial charge in [0.2, 0.25) is 0 Å². The highest BCUT2D eigenvalue weighted by molar-refractivity contribution is 6.31. The van der Waals surface area contributed by atoms with E-state index in [-0.39, 0.29) is 25.8 Å². The molecule has 0 atom stereocenters. The standard InChI is InChI=1S/C25H24ClN3O4/c1-17-4-6-19(7-5-17)22-15-28-23(33-22)10-11-25(31)32-16-24(30)29(13-3-12-27)20-8-9-21(26)18(2)14-20/h4-9,14-15H,3,10-11,13,16H2,1-2H3. The lowest BCUT2D eigenvalue weighted by molar-refractivity contribution is -0.147. The first-order valence-electron chi connectivity index (χ1n) is 10.5. The van der Waals surface area contributed by atoms with Crippen molar-refractivity contribution in [1.29, 1.82) is 5.26 Å². The van der Waals surface area contributed by atoms with E-state index in [0.717, 1.165) is 16.7 Å². The molecule has 0 radical (unpaired) electrons. The van der Waals surface area contributed by atoms with Crippen molar-refractivity contribution in [3.63, 3.8) is 0 Å². The second-order valence-electron chi connectivity index (χ2n) is 7.53. The van der Waals surface area contributed by atoms with Crippen LogP contribution in [0.25, 0.3) is 11.3 Å². The van der Waals surface area contributed by atoms with E-state index >= 15 is 0 Å². The lowest BCUT2D eigenvalue weighted by Crippen LogP contribution is -2.35. The Labute approximate surface area is 197 Å². The van der Waals surface area contributed by atoms with Crippen LogP contribution < -0.4 is 4.90 Å². The van der Waals surface area contributed by atoms with E-state index in [1.807, 2.05) is 44.2 Å². The minimum absolute atomic E-state index is 0.0272. The van der Waals surface area contributed by atoms with Gasteiger partial charge in [0.15, 0.2) is 18.3 Å². The molecule has 0 aliphatic carbocycles. The number of amides is 1. The van der Waals surface area contributed by atoms with Crippen LogP contribution in [0, 0.1) is 25.2 Å². The minimum Gasteiger partial charge on any atom is -0.456 e. The zero-order valence-electron chi connectivity index (χ0n) is 18.5. The SMILES string of the molecule is Cc1ccc(-c2cnc(CCC(=O)OCC(=O)N(CCC#N)c3ccc(Cl)c(C)c3)o2)cc1. The normalized spacial score (nSPS) is 10.5.